The standard InChI is InChI=1S/C28H21NO5/c1-17-14-21(10-12-23(17)26-13-11-22(16-30)33-26)29-27(31)19-8-6-18(7-9-19)24-15-20-4-2-3-5-25(20)34-28(24)32/h2-15,30H,16H2,1H3,(H,29,31). The van der Waals surface area contributed by atoms with Gasteiger partial charge in [-0.05, 0) is 72.6 Å². The first-order valence-electron chi connectivity index (χ1n) is 10.8. The molecule has 0 aliphatic heterocycles. The molecule has 6 nitrogen and oxygen atoms in total. The fraction of sp³-hybridized carbons (Fsp3) is 0.0714. The lowest BCUT2D eigenvalue weighted by Crippen LogP contribution is -2.12. The van der Waals surface area contributed by atoms with Crippen molar-refractivity contribution in [2.75, 3.05) is 5.32 Å². The van der Waals surface area contributed by atoms with Crippen molar-refractivity contribution in [3.63, 3.8) is 0 Å². The Kier molecular flexibility index (Phi) is 5.57. The van der Waals surface area contributed by atoms with Crippen LogP contribution in [0, 0.1) is 6.92 Å². The summed E-state index contributed by atoms with van der Waals surface area (Å²) in [7, 11) is 0. The summed E-state index contributed by atoms with van der Waals surface area (Å²) < 4.78 is 11.0. The number of para-hydroxylation sites is 1. The van der Waals surface area contributed by atoms with E-state index in [1.165, 1.54) is 0 Å². The molecule has 0 aliphatic rings. The summed E-state index contributed by atoms with van der Waals surface area (Å²) in [6, 6.07) is 25.0. The lowest BCUT2D eigenvalue weighted by Gasteiger charge is -2.09. The number of benzene rings is 3. The van der Waals surface area contributed by atoms with Crippen molar-refractivity contribution < 1.29 is 18.7 Å². The minimum atomic E-state index is -0.422. The lowest BCUT2D eigenvalue weighted by molar-refractivity contribution is 0.102. The molecule has 0 saturated heterocycles. The normalized spacial score (nSPS) is 11.0. The Morgan fingerprint density at radius 2 is 1.68 bits per heavy atom. The zero-order valence-electron chi connectivity index (χ0n) is 18.4. The fourth-order valence-corrected chi connectivity index (χ4v) is 3.89. The van der Waals surface area contributed by atoms with Crippen LogP contribution < -0.4 is 10.9 Å². The molecule has 0 spiro atoms. The number of anilines is 1. The second-order valence-corrected chi connectivity index (χ2v) is 7.97. The smallest absolute Gasteiger partial charge is 0.344 e. The Labute approximate surface area is 195 Å². The third-order valence-corrected chi connectivity index (χ3v) is 5.67. The van der Waals surface area contributed by atoms with Crippen LogP contribution in [0.4, 0.5) is 5.69 Å². The van der Waals surface area contributed by atoms with Crippen LogP contribution in [-0.4, -0.2) is 11.0 Å². The summed E-state index contributed by atoms with van der Waals surface area (Å²) in [6.07, 6.45) is 0. The second-order valence-electron chi connectivity index (χ2n) is 7.97. The van der Waals surface area contributed by atoms with Crippen molar-refractivity contribution in [2.45, 2.75) is 13.5 Å². The third kappa shape index (κ3) is 4.14. The number of carbonyl (C=O) groups is 1. The van der Waals surface area contributed by atoms with Crippen molar-refractivity contribution in [2.24, 2.45) is 0 Å². The van der Waals surface area contributed by atoms with Gasteiger partial charge in [0.15, 0.2) is 0 Å². The molecule has 2 aromatic heterocycles. The van der Waals surface area contributed by atoms with Crippen LogP contribution >= 0.6 is 0 Å². The summed E-state index contributed by atoms with van der Waals surface area (Å²) in [5, 5.41) is 12.9. The van der Waals surface area contributed by atoms with Crippen LogP contribution in [0.1, 0.15) is 21.7 Å². The number of carbonyl (C=O) groups excluding carboxylic acids is 1. The average Bonchev–Trinajstić information content (AvgIpc) is 3.33. The Hall–Kier alpha value is -4.42. The Morgan fingerprint density at radius 3 is 2.41 bits per heavy atom. The summed E-state index contributed by atoms with van der Waals surface area (Å²) in [5.41, 5.74) is 4.17. The monoisotopic (exact) mass is 451 g/mol. The Bertz CT molecular complexity index is 1560. The predicted octanol–water partition coefficient (Wildman–Crippen LogP) is 5.77. The van der Waals surface area contributed by atoms with Gasteiger partial charge in [-0.1, -0.05) is 30.3 Å². The van der Waals surface area contributed by atoms with Gasteiger partial charge in [0.05, 0.1) is 5.56 Å². The number of amides is 1. The molecule has 0 saturated carbocycles. The number of hydrogen-bond donors (Lipinski definition) is 2. The molecular formula is C28H21NO5. The Morgan fingerprint density at radius 1 is 0.882 bits per heavy atom. The van der Waals surface area contributed by atoms with E-state index in [2.05, 4.69) is 5.32 Å². The second kappa shape index (κ2) is 8.84. The third-order valence-electron chi connectivity index (χ3n) is 5.67. The Balaban J connectivity index is 1.34. The molecule has 0 fully saturated rings. The van der Waals surface area contributed by atoms with Gasteiger partial charge in [-0.2, -0.15) is 0 Å². The van der Waals surface area contributed by atoms with Gasteiger partial charge in [0, 0.05) is 22.2 Å². The molecule has 168 valence electrons. The summed E-state index contributed by atoms with van der Waals surface area (Å²) >= 11 is 0. The maximum atomic E-state index is 12.8. The van der Waals surface area contributed by atoms with E-state index in [1.54, 1.807) is 48.5 Å². The van der Waals surface area contributed by atoms with E-state index in [0.717, 1.165) is 16.5 Å². The van der Waals surface area contributed by atoms with Gasteiger partial charge >= 0.3 is 5.63 Å². The summed E-state index contributed by atoms with van der Waals surface area (Å²) in [5.74, 6) is 0.898. The molecule has 5 aromatic rings. The van der Waals surface area contributed by atoms with Crippen LogP contribution in [-0.2, 0) is 6.61 Å². The minimum absolute atomic E-state index is 0.155. The van der Waals surface area contributed by atoms with Crippen molar-refractivity contribution in [3.05, 3.63) is 112 Å². The molecule has 2 N–H and O–H groups in total. The molecule has 3 aromatic carbocycles. The van der Waals surface area contributed by atoms with Crippen molar-refractivity contribution in [1.82, 2.24) is 0 Å². The number of aryl methyl sites for hydroxylation is 1. The highest BCUT2D eigenvalue weighted by molar-refractivity contribution is 6.04. The van der Waals surface area contributed by atoms with Crippen molar-refractivity contribution in [1.29, 1.82) is 0 Å². The zero-order valence-corrected chi connectivity index (χ0v) is 18.4. The molecule has 0 aliphatic carbocycles. The number of nitrogens with one attached hydrogen (secondary N) is 1. The van der Waals surface area contributed by atoms with Crippen molar-refractivity contribution >= 4 is 22.6 Å². The van der Waals surface area contributed by atoms with E-state index >= 15 is 0 Å². The van der Waals surface area contributed by atoms with Crippen LogP contribution in [0.15, 0.2) is 98.6 Å². The minimum Gasteiger partial charge on any atom is -0.459 e. The molecule has 0 unspecified atom stereocenters. The van der Waals surface area contributed by atoms with Gasteiger partial charge in [-0.15, -0.1) is 0 Å². The molecule has 0 radical (unpaired) electrons. The average molecular weight is 451 g/mol. The number of hydrogen-bond acceptors (Lipinski definition) is 5. The summed E-state index contributed by atoms with van der Waals surface area (Å²) in [4.78, 5) is 25.2. The van der Waals surface area contributed by atoms with Crippen LogP contribution in [0.25, 0.3) is 33.4 Å². The molecule has 2 heterocycles. The van der Waals surface area contributed by atoms with E-state index in [0.29, 0.717) is 39.5 Å². The van der Waals surface area contributed by atoms with E-state index in [-0.39, 0.29) is 12.5 Å². The predicted molar refractivity (Wildman–Crippen MR) is 131 cm³/mol. The maximum Gasteiger partial charge on any atom is 0.344 e. The topological polar surface area (TPSA) is 92.7 Å². The molecule has 0 bridgehead atoms. The van der Waals surface area contributed by atoms with Crippen LogP contribution in [0.3, 0.4) is 0 Å². The van der Waals surface area contributed by atoms with E-state index < -0.39 is 5.63 Å². The first kappa shape index (κ1) is 21.4. The fourth-order valence-electron chi connectivity index (χ4n) is 3.89. The molecular weight excluding hydrogens is 430 g/mol. The molecule has 1 amide bonds. The van der Waals surface area contributed by atoms with Gasteiger partial charge in [0.25, 0.3) is 5.91 Å². The summed E-state index contributed by atoms with van der Waals surface area (Å²) in [6.45, 7) is 1.77. The van der Waals surface area contributed by atoms with E-state index in [9.17, 15) is 14.7 Å². The first-order valence-corrected chi connectivity index (χ1v) is 10.8. The van der Waals surface area contributed by atoms with Gasteiger partial charge < -0.3 is 19.3 Å². The van der Waals surface area contributed by atoms with Gasteiger partial charge in [-0.3, -0.25) is 4.79 Å². The molecule has 6 heteroatoms. The highest BCUT2D eigenvalue weighted by Crippen LogP contribution is 2.28. The largest absolute Gasteiger partial charge is 0.459 e. The molecule has 0 atom stereocenters. The number of furan rings is 1. The SMILES string of the molecule is Cc1cc(NC(=O)c2ccc(-c3cc4ccccc4oc3=O)cc2)ccc1-c1ccc(CO)o1. The van der Waals surface area contributed by atoms with Gasteiger partial charge in [-0.25, -0.2) is 4.79 Å². The maximum absolute atomic E-state index is 12.8. The van der Waals surface area contributed by atoms with E-state index in [4.69, 9.17) is 8.83 Å². The van der Waals surface area contributed by atoms with Gasteiger partial charge in [0.2, 0.25) is 0 Å². The molecule has 34 heavy (non-hydrogen) atoms. The van der Waals surface area contributed by atoms with Gasteiger partial charge in [0.1, 0.15) is 23.7 Å². The number of aliphatic hydroxyl groups is 1. The van der Waals surface area contributed by atoms with Crippen LogP contribution in [0.5, 0.6) is 0 Å². The van der Waals surface area contributed by atoms with E-state index in [1.807, 2.05) is 43.3 Å². The zero-order chi connectivity index (χ0) is 23.7. The lowest BCUT2D eigenvalue weighted by atomic mass is 10.0. The highest BCUT2D eigenvalue weighted by atomic mass is 16.4. The quantitative estimate of drug-likeness (QED) is 0.331. The van der Waals surface area contributed by atoms with Crippen LogP contribution in [0.2, 0.25) is 0 Å². The number of fused-ring (bicyclic) bond motifs is 1. The highest BCUT2D eigenvalue weighted by Gasteiger charge is 2.12. The molecule has 5 rings (SSSR count). The van der Waals surface area contributed by atoms with Crippen molar-refractivity contribution in [3.8, 4) is 22.5 Å². The number of rotatable bonds is 5. The first-order chi connectivity index (χ1) is 16.5. The number of aliphatic hydroxyl groups excluding tert-OH is 1.